The number of phenols is 1. The van der Waals surface area contributed by atoms with Crippen LogP contribution in [0.4, 0.5) is 0 Å². The van der Waals surface area contributed by atoms with Crippen molar-refractivity contribution in [1.29, 1.82) is 0 Å². The van der Waals surface area contributed by atoms with E-state index in [1.54, 1.807) is 29.6 Å². The smallest absolute Gasteiger partial charge is 0.265 e. The standard InChI is InChI=1S/C23H22N2O7S2/c1-31-18-9-8-14(13-19(18)32-2)16(10-11-24-34(29,30)20-7-4-12-33-20)25-22(27)15-5-3-6-17(26)21(15)23(25)28/h3-9,12-13,16,24,26H,10-11H2,1-2H3. The Labute approximate surface area is 200 Å². The Hall–Kier alpha value is -3.41. The molecule has 1 aliphatic heterocycles. The molecule has 1 aliphatic rings. The van der Waals surface area contributed by atoms with Crippen molar-refractivity contribution in [2.45, 2.75) is 16.7 Å². The van der Waals surface area contributed by atoms with Crippen LogP contribution in [0.3, 0.4) is 0 Å². The van der Waals surface area contributed by atoms with Crippen molar-refractivity contribution in [2.24, 2.45) is 0 Å². The maximum atomic E-state index is 13.2. The summed E-state index contributed by atoms with van der Waals surface area (Å²) in [6, 6.07) is 11.6. The van der Waals surface area contributed by atoms with Crippen LogP contribution >= 0.6 is 11.3 Å². The quantitative estimate of drug-likeness (QED) is 0.431. The van der Waals surface area contributed by atoms with Crippen LogP contribution in [0, 0.1) is 0 Å². The summed E-state index contributed by atoms with van der Waals surface area (Å²) in [5.41, 5.74) is 0.564. The summed E-state index contributed by atoms with van der Waals surface area (Å²) < 4.78 is 38.4. The lowest BCUT2D eigenvalue weighted by Gasteiger charge is -2.27. The first-order valence-corrected chi connectivity index (χ1v) is 12.6. The number of carbonyl (C=O) groups is 2. The van der Waals surface area contributed by atoms with Crippen LogP contribution in [0.5, 0.6) is 17.2 Å². The lowest BCUT2D eigenvalue weighted by atomic mass is 10.0. The van der Waals surface area contributed by atoms with Crippen LogP contribution < -0.4 is 14.2 Å². The van der Waals surface area contributed by atoms with Gasteiger partial charge in [0, 0.05) is 6.54 Å². The Kier molecular flexibility index (Phi) is 6.60. The fourth-order valence-electron chi connectivity index (χ4n) is 3.89. The lowest BCUT2D eigenvalue weighted by molar-refractivity contribution is 0.0574. The third-order valence-electron chi connectivity index (χ3n) is 5.50. The van der Waals surface area contributed by atoms with Crippen molar-refractivity contribution >= 4 is 33.2 Å². The van der Waals surface area contributed by atoms with Gasteiger partial charge < -0.3 is 14.6 Å². The number of benzene rings is 2. The first-order valence-electron chi connectivity index (χ1n) is 10.2. The zero-order valence-electron chi connectivity index (χ0n) is 18.3. The summed E-state index contributed by atoms with van der Waals surface area (Å²) in [7, 11) is -0.782. The van der Waals surface area contributed by atoms with E-state index in [0.29, 0.717) is 17.1 Å². The van der Waals surface area contributed by atoms with E-state index in [9.17, 15) is 23.1 Å². The van der Waals surface area contributed by atoms with Gasteiger partial charge in [-0.2, -0.15) is 0 Å². The maximum Gasteiger partial charge on any atom is 0.265 e. The number of fused-ring (bicyclic) bond motifs is 1. The van der Waals surface area contributed by atoms with Crippen LogP contribution in [0.25, 0.3) is 0 Å². The fraction of sp³-hybridized carbons (Fsp3) is 0.217. The SMILES string of the molecule is COc1ccc(C(CCNS(=O)(=O)c2cccs2)N2C(=O)c3cccc(O)c3C2=O)cc1OC. The predicted octanol–water partition coefficient (Wildman–Crippen LogP) is 3.18. The number of nitrogens with zero attached hydrogens (tertiary/aromatic N) is 1. The molecule has 2 aromatic carbocycles. The number of ether oxygens (including phenoxy) is 2. The van der Waals surface area contributed by atoms with Crippen molar-refractivity contribution in [1.82, 2.24) is 9.62 Å². The van der Waals surface area contributed by atoms with Crippen LogP contribution in [0.1, 0.15) is 38.7 Å². The molecule has 4 rings (SSSR count). The molecule has 34 heavy (non-hydrogen) atoms. The van der Waals surface area contributed by atoms with Gasteiger partial charge in [-0.1, -0.05) is 18.2 Å². The van der Waals surface area contributed by atoms with E-state index in [4.69, 9.17) is 9.47 Å². The number of aromatic hydroxyl groups is 1. The fourth-order valence-corrected chi connectivity index (χ4v) is 5.98. The number of carbonyl (C=O) groups excluding carboxylic acids is 2. The molecular formula is C23H22N2O7S2. The molecule has 9 nitrogen and oxygen atoms in total. The summed E-state index contributed by atoms with van der Waals surface area (Å²) in [6.45, 7) is -0.0430. The normalized spacial score (nSPS) is 14.2. The maximum absolute atomic E-state index is 13.2. The molecule has 0 saturated heterocycles. The largest absolute Gasteiger partial charge is 0.507 e. The second-order valence-corrected chi connectivity index (χ2v) is 10.4. The number of hydrogen-bond acceptors (Lipinski definition) is 8. The van der Waals surface area contributed by atoms with Crippen molar-refractivity contribution in [3.8, 4) is 17.2 Å². The first-order chi connectivity index (χ1) is 16.3. The Morgan fingerprint density at radius 2 is 1.79 bits per heavy atom. The number of nitrogens with one attached hydrogen (secondary N) is 1. The molecule has 1 aromatic heterocycles. The molecule has 0 saturated carbocycles. The highest BCUT2D eigenvalue weighted by Crippen LogP contribution is 2.39. The van der Waals surface area contributed by atoms with Gasteiger partial charge in [-0.25, -0.2) is 13.1 Å². The Morgan fingerprint density at radius 3 is 2.44 bits per heavy atom. The van der Waals surface area contributed by atoms with Crippen LogP contribution in [-0.2, 0) is 10.0 Å². The van der Waals surface area contributed by atoms with Gasteiger partial charge >= 0.3 is 0 Å². The molecule has 2 heterocycles. The van der Waals surface area contributed by atoms with E-state index >= 15 is 0 Å². The van der Waals surface area contributed by atoms with Crippen molar-refractivity contribution in [3.05, 3.63) is 70.6 Å². The van der Waals surface area contributed by atoms with Gasteiger partial charge in [-0.15, -0.1) is 11.3 Å². The van der Waals surface area contributed by atoms with Crippen molar-refractivity contribution < 1.29 is 32.6 Å². The second kappa shape index (κ2) is 9.45. The number of rotatable bonds is 9. The number of sulfonamides is 1. The average molecular weight is 503 g/mol. The van der Waals surface area contributed by atoms with Crippen molar-refractivity contribution in [2.75, 3.05) is 20.8 Å². The molecule has 1 unspecified atom stereocenters. The van der Waals surface area contributed by atoms with Gasteiger partial charge in [0.2, 0.25) is 10.0 Å². The van der Waals surface area contributed by atoms with E-state index in [1.807, 2.05) is 0 Å². The van der Waals surface area contributed by atoms with E-state index in [2.05, 4.69) is 4.72 Å². The summed E-state index contributed by atoms with van der Waals surface area (Å²) in [4.78, 5) is 27.5. The summed E-state index contributed by atoms with van der Waals surface area (Å²) in [5.74, 6) is -0.661. The van der Waals surface area contributed by atoms with Gasteiger partial charge in [-0.3, -0.25) is 14.5 Å². The molecule has 0 bridgehead atoms. The van der Waals surface area contributed by atoms with Crippen molar-refractivity contribution in [3.63, 3.8) is 0 Å². The molecule has 11 heteroatoms. The number of thiophene rings is 1. The van der Waals surface area contributed by atoms with Crippen LogP contribution in [0.15, 0.2) is 58.1 Å². The van der Waals surface area contributed by atoms with E-state index in [1.165, 1.54) is 38.5 Å². The lowest BCUT2D eigenvalue weighted by Crippen LogP contribution is -2.36. The number of methoxy groups -OCH3 is 2. The minimum absolute atomic E-state index is 0.0430. The molecule has 1 atom stereocenters. The monoisotopic (exact) mass is 502 g/mol. The highest BCUT2D eigenvalue weighted by Gasteiger charge is 2.42. The van der Waals surface area contributed by atoms with Gasteiger partial charge in [0.1, 0.15) is 9.96 Å². The van der Waals surface area contributed by atoms with Gasteiger partial charge in [0.05, 0.1) is 31.4 Å². The van der Waals surface area contributed by atoms with Gasteiger partial charge in [0.25, 0.3) is 11.8 Å². The number of hydrogen-bond donors (Lipinski definition) is 2. The molecule has 0 radical (unpaired) electrons. The zero-order valence-corrected chi connectivity index (χ0v) is 20.0. The molecule has 178 valence electrons. The van der Waals surface area contributed by atoms with Gasteiger partial charge in [-0.05, 0) is 47.7 Å². The Balaban J connectivity index is 1.68. The van der Waals surface area contributed by atoms with Crippen LogP contribution in [-0.4, -0.2) is 51.0 Å². The minimum Gasteiger partial charge on any atom is -0.507 e. The van der Waals surface area contributed by atoms with E-state index in [0.717, 1.165) is 16.2 Å². The molecule has 0 aliphatic carbocycles. The van der Waals surface area contributed by atoms with Gasteiger partial charge in [0.15, 0.2) is 11.5 Å². The summed E-state index contributed by atoms with van der Waals surface area (Å²) >= 11 is 1.09. The number of phenolic OH excluding ortho intramolecular Hbond substituents is 1. The van der Waals surface area contributed by atoms with E-state index < -0.39 is 27.9 Å². The average Bonchev–Trinajstić information content (AvgIpc) is 3.46. The third kappa shape index (κ3) is 4.25. The molecule has 2 amide bonds. The second-order valence-electron chi connectivity index (χ2n) is 7.43. The number of imide groups is 1. The summed E-state index contributed by atoms with van der Waals surface area (Å²) in [6.07, 6.45) is 0.0896. The Bertz CT molecular complexity index is 1340. The topological polar surface area (TPSA) is 122 Å². The molecule has 2 N–H and O–H groups in total. The summed E-state index contributed by atoms with van der Waals surface area (Å²) in [5, 5.41) is 11.9. The molecule has 0 spiro atoms. The Morgan fingerprint density at radius 1 is 1.03 bits per heavy atom. The first kappa shape index (κ1) is 23.7. The number of amides is 2. The predicted molar refractivity (Wildman–Crippen MR) is 125 cm³/mol. The molecule has 3 aromatic rings. The minimum atomic E-state index is -3.73. The molecular weight excluding hydrogens is 480 g/mol. The van der Waals surface area contributed by atoms with Crippen LogP contribution in [0.2, 0.25) is 0 Å². The van der Waals surface area contributed by atoms with E-state index in [-0.39, 0.29) is 34.1 Å². The molecule has 0 fully saturated rings. The highest BCUT2D eigenvalue weighted by atomic mass is 32.2. The third-order valence-corrected chi connectivity index (χ3v) is 8.36. The highest BCUT2D eigenvalue weighted by molar-refractivity contribution is 7.91. The zero-order chi connectivity index (χ0) is 24.5.